The highest BCUT2D eigenvalue weighted by atomic mass is 19.1. The summed E-state index contributed by atoms with van der Waals surface area (Å²) in [4.78, 5) is 29.8. The zero-order chi connectivity index (χ0) is 20.1. The van der Waals surface area contributed by atoms with Crippen molar-refractivity contribution in [3.8, 4) is 0 Å². The van der Waals surface area contributed by atoms with Crippen molar-refractivity contribution < 1.29 is 18.4 Å². The Morgan fingerprint density at radius 1 is 0.893 bits per heavy atom. The van der Waals surface area contributed by atoms with Crippen molar-refractivity contribution in [2.45, 2.75) is 13.3 Å². The Bertz CT molecular complexity index is 817. The van der Waals surface area contributed by atoms with Gasteiger partial charge in [-0.2, -0.15) is 0 Å². The Kier molecular flexibility index (Phi) is 6.23. The molecule has 1 fully saturated rings. The van der Waals surface area contributed by atoms with E-state index < -0.39 is 0 Å². The summed E-state index contributed by atoms with van der Waals surface area (Å²) in [5.41, 5.74) is 1.51. The molecule has 2 amide bonds. The molecule has 5 nitrogen and oxygen atoms in total. The third-order valence-electron chi connectivity index (χ3n) is 4.89. The normalized spacial score (nSPS) is 14.1. The number of hydrogen-bond donors (Lipinski definition) is 0. The molecule has 2 aromatic carbocycles. The van der Waals surface area contributed by atoms with Crippen molar-refractivity contribution in [3.63, 3.8) is 0 Å². The lowest BCUT2D eigenvalue weighted by Crippen LogP contribution is -2.49. The van der Waals surface area contributed by atoms with Gasteiger partial charge in [-0.3, -0.25) is 9.59 Å². The lowest BCUT2D eigenvalue weighted by atomic mass is 10.2. The summed E-state index contributed by atoms with van der Waals surface area (Å²) in [6.45, 7) is 4.17. The summed E-state index contributed by atoms with van der Waals surface area (Å²) < 4.78 is 26.1. The van der Waals surface area contributed by atoms with Crippen LogP contribution in [0.25, 0.3) is 0 Å². The number of carbonyl (C=O) groups is 2. The summed E-state index contributed by atoms with van der Waals surface area (Å²) in [5.74, 6) is -0.858. The Hall–Kier alpha value is -2.96. The maximum absolute atomic E-state index is 13.1. The van der Waals surface area contributed by atoms with Gasteiger partial charge in [0, 0.05) is 57.4 Å². The van der Waals surface area contributed by atoms with E-state index >= 15 is 0 Å². The summed E-state index contributed by atoms with van der Waals surface area (Å²) in [5, 5.41) is 0. The molecule has 0 unspecified atom stereocenters. The second-order valence-corrected chi connectivity index (χ2v) is 6.74. The highest BCUT2D eigenvalue weighted by molar-refractivity contribution is 5.92. The average Bonchev–Trinajstić information content (AvgIpc) is 2.70. The molecular weight excluding hydrogens is 364 g/mol. The quantitative estimate of drug-likeness (QED) is 0.792. The van der Waals surface area contributed by atoms with Crippen LogP contribution in [0.15, 0.2) is 48.5 Å². The molecule has 1 aliphatic heterocycles. The molecule has 28 heavy (non-hydrogen) atoms. The summed E-state index contributed by atoms with van der Waals surface area (Å²) in [6.07, 6.45) is 0.202. The highest BCUT2D eigenvalue weighted by Crippen LogP contribution is 2.18. The molecule has 0 spiro atoms. The first kappa shape index (κ1) is 19.8. The van der Waals surface area contributed by atoms with Crippen molar-refractivity contribution in [2.24, 2.45) is 0 Å². The van der Waals surface area contributed by atoms with Gasteiger partial charge in [0.2, 0.25) is 11.8 Å². The zero-order valence-electron chi connectivity index (χ0n) is 15.8. The van der Waals surface area contributed by atoms with Gasteiger partial charge in [-0.1, -0.05) is 0 Å². The van der Waals surface area contributed by atoms with Gasteiger partial charge in [-0.25, -0.2) is 8.78 Å². The van der Waals surface area contributed by atoms with Crippen LogP contribution in [-0.2, 0) is 9.59 Å². The first-order chi connectivity index (χ1) is 13.4. The van der Waals surface area contributed by atoms with Gasteiger partial charge < -0.3 is 14.7 Å². The van der Waals surface area contributed by atoms with E-state index in [1.165, 1.54) is 48.2 Å². The molecule has 0 aliphatic carbocycles. The van der Waals surface area contributed by atoms with E-state index in [1.54, 1.807) is 17.0 Å². The van der Waals surface area contributed by atoms with E-state index in [-0.39, 0.29) is 36.4 Å². The molecule has 0 radical (unpaired) electrons. The largest absolute Gasteiger partial charge is 0.368 e. The van der Waals surface area contributed by atoms with Gasteiger partial charge in [-0.15, -0.1) is 0 Å². The predicted molar refractivity (Wildman–Crippen MR) is 104 cm³/mol. The summed E-state index contributed by atoms with van der Waals surface area (Å²) in [7, 11) is 0. The fourth-order valence-corrected chi connectivity index (χ4v) is 3.32. The minimum Gasteiger partial charge on any atom is -0.368 e. The first-order valence-electron chi connectivity index (χ1n) is 9.26. The third kappa shape index (κ3) is 4.85. The van der Waals surface area contributed by atoms with Crippen LogP contribution >= 0.6 is 0 Å². The molecule has 0 N–H and O–H groups in total. The van der Waals surface area contributed by atoms with Gasteiger partial charge in [0.15, 0.2) is 0 Å². The Morgan fingerprint density at radius 3 is 1.96 bits per heavy atom. The van der Waals surface area contributed by atoms with Crippen LogP contribution in [0.2, 0.25) is 0 Å². The number of benzene rings is 2. The number of nitrogens with zero attached hydrogens (tertiary/aromatic N) is 3. The number of amides is 2. The molecule has 2 aromatic rings. The minimum atomic E-state index is -0.373. The number of piperazine rings is 1. The first-order valence-corrected chi connectivity index (χ1v) is 9.26. The van der Waals surface area contributed by atoms with Gasteiger partial charge >= 0.3 is 0 Å². The third-order valence-corrected chi connectivity index (χ3v) is 4.89. The predicted octanol–water partition coefficient (Wildman–Crippen LogP) is 3.06. The molecule has 1 saturated heterocycles. The fraction of sp³-hybridized carbons (Fsp3) is 0.333. The number of hydrogen-bond acceptors (Lipinski definition) is 3. The summed E-state index contributed by atoms with van der Waals surface area (Å²) >= 11 is 0. The van der Waals surface area contributed by atoms with Crippen molar-refractivity contribution >= 4 is 23.2 Å². The van der Waals surface area contributed by atoms with E-state index in [0.29, 0.717) is 31.9 Å². The van der Waals surface area contributed by atoms with Crippen LogP contribution in [0.3, 0.4) is 0 Å². The molecule has 1 heterocycles. The molecule has 1 aliphatic rings. The van der Waals surface area contributed by atoms with Gasteiger partial charge in [0.1, 0.15) is 11.6 Å². The zero-order valence-corrected chi connectivity index (χ0v) is 15.8. The molecule has 0 atom stereocenters. The Morgan fingerprint density at radius 2 is 1.43 bits per heavy atom. The topological polar surface area (TPSA) is 43.9 Å². The molecule has 3 rings (SSSR count). The second kappa shape index (κ2) is 8.82. The maximum Gasteiger partial charge on any atom is 0.224 e. The van der Waals surface area contributed by atoms with Crippen LogP contribution in [0.4, 0.5) is 20.2 Å². The second-order valence-electron chi connectivity index (χ2n) is 6.74. The average molecular weight is 387 g/mol. The summed E-state index contributed by atoms with van der Waals surface area (Å²) in [6, 6.07) is 12.0. The standard InChI is InChI=1S/C21H23F2N3O2/c1-16(27)26(20-8-4-18(23)5-9-20)11-10-21(28)25-14-12-24(13-15-25)19-6-2-17(22)3-7-19/h2-9H,10-15H2,1H3. The van der Waals surface area contributed by atoms with E-state index in [1.807, 2.05) is 0 Å². The van der Waals surface area contributed by atoms with Gasteiger partial charge in [-0.05, 0) is 48.5 Å². The number of rotatable bonds is 5. The van der Waals surface area contributed by atoms with Crippen LogP contribution < -0.4 is 9.80 Å². The van der Waals surface area contributed by atoms with Crippen LogP contribution in [0.1, 0.15) is 13.3 Å². The lowest BCUT2D eigenvalue weighted by molar-refractivity contribution is -0.131. The minimum absolute atomic E-state index is 0.0212. The van der Waals surface area contributed by atoms with Crippen LogP contribution in [0.5, 0.6) is 0 Å². The number of carbonyl (C=O) groups excluding carboxylic acids is 2. The van der Waals surface area contributed by atoms with Gasteiger partial charge in [0.25, 0.3) is 0 Å². The van der Waals surface area contributed by atoms with Crippen molar-refractivity contribution in [3.05, 3.63) is 60.2 Å². The van der Waals surface area contributed by atoms with Crippen LogP contribution in [0, 0.1) is 11.6 Å². The smallest absolute Gasteiger partial charge is 0.224 e. The van der Waals surface area contributed by atoms with Crippen LogP contribution in [-0.4, -0.2) is 49.4 Å². The van der Waals surface area contributed by atoms with Gasteiger partial charge in [0.05, 0.1) is 0 Å². The van der Waals surface area contributed by atoms with E-state index in [4.69, 9.17) is 0 Å². The Labute approximate surface area is 163 Å². The maximum atomic E-state index is 13.1. The van der Waals surface area contributed by atoms with E-state index in [0.717, 1.165) is 5.69 Å². The molecule has 7 heteroatoms. The SMILES string of the molecule is CC(=O)N(CCC(=O)N1CCN(c2ccc(F)cc2)CC1)c1ccc(F)cc1. The molecular formula is C21H23F2N3O2. The molecule has 0 aromatic heterocycles. The molecule has 0 bridgehead atoms. The lowest BCUT2D eigenvalue weighted by Gasteiger charge is -2.36. The highest BCUT2D eigenvalue weighted by Gasteiger charge is 2.22. The number of halogens is 2. The molecule has 0 saturated carbocycles. The van der Waals surface area contributed by atoms with Crippen molar-refractivity contribution in [1.82, 2.24) is 4.90 Å². The molecule has 148 valence electrons. The van der Waals surface area contributed by atoms with E-state index in [2.05, 4.69) is 4.90 Å². The van der Waals surface area contributed by atoms with Crippen molar-refractivity contribution in [1.29, 1.82) is 0 Å². The number of anilines is 2. The fourth-order valence-electron chi connectivity index (χ4n) is 3.32. The van der Waals surface area contributed by atoms with E-state index in [9.17, 15) is 18.4 Å². The Balaban J connectivity index is 1.52. The monoisotopic (exact) mass is 387 g/mol. The van der Waals surface area contributed by atoms with Crippen molar-refractivity contribution in [2.75, 3.05) is 42.5 Å².